The van der Waals surface area contributed by atoms with Crippen LogP contribution in [0, 0.1) is 10.8 Å². The summed E-state index contributed by atoms with van der Waals surface area (Å²) in [5.74, 6) is 1.01. The molecule has 0 spiro atoms. The first-order valence-electron chi connectivity index (χ1n) is 7.37. The molecule has 1 aliphatic carbocycles. The van der Waals surface area contributed by atoms with Gasteiger partial charge in [0.1, 0.15) is 5.82 Å². The highest BCUT2D eigenvalue weighted by Crippen LogP contribution is 2.50. The van der Waals surface area contributed by atoms with E-state index in [1.54, 1.807) is 0 Å². The molecular formula is C16H28N2O. The van der Waals surface area contributed by atoms with Crippen molar-refractivity contribution in [3.63, 3.8) is 0 Å². The van der Waals surface area contributed by atoms with E-state index < -0.39 is 5.60 Å². The molecule has 1 aromatic rings. The summed E-state index contributed by atoms with van der Waals surface area (Å²) in [6.07, 6.45) is 7.39. The highest BCUT2D eigenvalue weighted by molar-refractivity contribution is 5.05. The molecule has 2 rings (SSSR count). The number of rotatable bonds is 3. The molecule has 108 valence electrons. The Hall–Kier alpha value is -0.830. The average molecular weight is 264 g/mol. The van der Waals surface area contributed by atoms with Gasteiger partial charge in [-0.3, -0.25) is 0 Å². The van der Waals surface area contributed by atoms with Crippen molar-refractivity contribution < 1.29 is 5.11 Å². The van der Waals surface area contributed by atoms with Crippen molar-refractivity contribution in [3.05, 3.63) is 18.2 Å². The lowest BCUT2D eigenvalue weighted by atomic mass is 9.59. The van der Waals surface area contributed by atoms with Gasteiger partial charge in [0.2, 0.25) is 0 Å². The predicted molar refractivity (Wildman–Crippen MR) is 78.0 cm³/mol. The molecule has 0 bridgehead atoms. The van der Waals surface area contributed by atoms with Gasteiger partial charge in [-0.05, 0) is 37.0 Å². The molecule has 0 radical (unpaired) electrons. The lowest BCUT2D eigenvalue weighted by Gasteiger charge is -2.49. The zero-order valence-electron chi connectivity index (χ0n) is 13.0. The second-order valence-electron chi connectivity index (χ2n) is 7.89. The van der Waals surface area contributed by atoms with Gasteiger partial charge in [0.25, 0.3) is 0 Å². The number of aryl methyl sites for hydroxylation is 1. The normalized spacial score (nSPS) is 24.3. The van der Waals surface area contributed by atoms with Gasteiger partial charge in [-0.1, -0.05) is 27.7 Å². The van der Waals surface area contributed by atoms with E-state index in [2.05, 4.69) is 44.2 Å². The van der Waals surface area contributed by atoms with E-state index in [-0.39, 0.29) is 10.8 Å². The first kappa shape index (κ1) is 14.6. The molecule has 1 fully saturated rings. The zero-order chi connectivity index (χ0) is 14.3. The Morgan fingerprint density at radius 1 is 1.16 bits per heavy atom. The van der Waals surface area contributed by atoms with Gasteiger partial charge in [-0.2, -0.15) is 0 Å². The second-order valence-corrected chi connectivity index (χ2v) is 7.89. The molecular weight excluding hydrogens is 236 g/mol. The fourth-order valence-corrected chi connectivity index (χ4v) is 4.48. The van der Waals surface area contributed by atoms with Gasteiger partial charge < -0.3 is 9.67 Å². The Bertz CT molecular complexity index is 429. The third kappa shape index (κ3) is 3.38. The quantitative estimate of drug-likeness (QED) is 0.908. The molecule has 1 heterocycles. The van der Waals surface area contributed by atoms with Crippen LogP contribution in [0.25, 0.3) is 0 Å². The molecule has 1 aliphatic rings. The molecule has 3 heteroatoms. The number of aromatic nitrogens is 2. The maximum Gasteiger partial charge on any atom is 0.111 e. The Kier molecular flexibility index (Phi) is 3.54. The number of hydrogen-bond donors (Lipinski definition) is 1. The first-order valence-corrected chi connectivity index (χ1v) is 7.37. The molecule has 1 saturated carbocycles. The number of aliphatic hydroxyl groups is 1. The van der Waals surface area contributed by atoms with E-state index in [4.69, 9.17) is 0 Å². The van der Waals surface area contributed by atoms with Crippen LogP contribution in [0.1, 0.15) is 59.7 Å². The van der Waals surface area contributed by atoms with Gasteiger partial charge >= 0.3 is 0 Å². The monoisotopic (exact) mass is 264 g/mol. The van der Waals surface area contributed by atoms with Crippen LogP contribution in [0.4, 0.5) is 0 Å². The summed E-state index contributed by atoms with van der Waals surface area (Å²) in [5.41, 5.74) is -0.232. The van der Waals surface area contributed by atoms with Crippen LogP contribution in [-0.4, -0.2) is 20.3 Å². The van der Waals surface area contributed by atoms with Crippen LogP contribution in [0.15, 0.2) is 12.4 Å². The maximum absolute atomic E-state index is 11.1. The molecule has 0 saturated heterocycles. The summed E-state index contributed by atoms with van der Waals surface area (Å²) in [6.45, 7) is 12.1. The molecule has 0 unspecified atom stereocenters. The number of nitrogens with zero attached hydrogens (tertiary/aromatic N) is 2. The first-order chi connectivity index (χ1) is 8.65. The molecule has 3 nitrogen and oxygen atoms in total. The lowest BCUT2D eigenvalue weighted by molar-refractivity contribution is -0.0864. The number of imidazole rings is 1. The SMILES string of the molecule is CCn1ccnc1CC1(O)CC(C)(C)CC(C)(C)C1. The molecule has 0 atom stereocenters. The van der Waals surface area contributed by atoms with Gasteiger partial charge in [-0.25, -0.2) is 4.98 Å². The van der Waals surface area contributed by atoms with Crippen LogP contribution in [0.5, 0.6) is 0 Å². The van der Waals surface area contributed by atoms with E-state index in [1.807, 2.05) is 12.4 Å². The van der Waals surface area contributed by atoms with E-state index in [0.29, 0.717) is 6.42 Å². The standard InChI is InChI=1S/C16H28N2O/c1-6-18-8-7-17-13(18)9-16(19)11-14(2,3)10-15(4,5)12-16/h7-8,19H,6,9-12H2,1-5H3. The van der Waals surface area contributed by atoms with E-state index in [1.165, 1.54) is 6.42 Å². The summed E-state index contributed by atoms with van der Waals surface area (Å²) in [5, 5.41) is 11.1. The number of hydrogen-bond acceptors (Lipinski definition) is 2. The van der Waals surface area contributed by atoms with Crippen molar-refractivity contribution in [2.75, 3.05) is 0 Å². The van der Waals surface area contributed by atoms with Crippen molar-refractivity contribution in [1.82, 2.24) is 9.55 Å². The maximum atomic E-state index is 11.1. The van der Waals surface area contributed by atoms with Crippen LogP contribution in [-0.2, 0) is 13.0 Å². The summed E-state index contributed by atoms with van der Waals surface area (Å²) in [4.78, 5) is 4.42. The predicted octanol–water partition coefficient (Wildman–Crippen LogP) is 3.41. The van der Waals surface area contributed by atoms with Gasteiger partial charge in [-0.15, -0.1) is 0 Å². The van der Waals surface area contributed by atoms with Gasteiger partial charge in [0.05, 0.1) is 5.60 Å². The van der Waals surface area contributed by atoms with Gasteiger partial charge in [0.15, 0.2) is 0 Å². The molecule has 19 heavy (non-hydrogen) atoms. The Balaban J connectivity index is 2.22. The highest BCUT2D eigenvalue weighted by Gasteiger charge is 2.46. The topological polar surface area (TPSA) is 38.0 Å². The Morgan fingerprint density at radius 2 is 1.74 bits per heavy atom. The van der Waals surface area contributed by atoms with Crippen LogP contribution in [0.3, 0.4) is 0 Å². The fraction of sp³-hybridized carbons (Fsp3) is 0.812. The van der Waals surface area contributed by atoms with Crippen molar-refractivity contribution >= 4 is 0 Å². The molecule has 0 aliphatic heterocycles. The minimum Gasteiger partial charge on any atom is -0.389 e. The van der Waals surface area contributed by atoms with E-state index in [9.17, 15) is 5.11 Å². The van der Waals surface area contributed by atoms with Gasteiger partial charge in [0, 0.05) is 25.4 Å². The van der Waals surface area contributed by atoms with Crippen molar-refractivity contribution in [2.24, 2.45) is 10.8 Å². The summed E-state index contributed by atoms with van der Waals surface area (Å²) < 4.78 is 2.13. The van der Waals surface area contributed by atoms with Crippen molar-refractivity contribution in [1.29, 1.82) is 0 Å². The van der Waals surface area contributed by atoms with Crippen LogP contribution >= 0.6 is 0 Å². The third-order valence-electron chi connectivity index (χ3n) is 4.20. The highest BCUT2D eigenvalue weighted by atomic mass is 16.3. The molecule has 0 aromatic carbocycles. The summed E-state index contributed by atoms with van der Waals surface area (Å²) >= 11 is 0. The van der Waals surface area contributed by atoms with E-state index >= 15 is 0 Å². The Morgan fingerprint density at radius 3 is 2.26 bits per heavy atom. The largest absolute Gasteiger partial charge is 0.389 e. The molecule has 0 amide bonds. The minimum atomic E-state index is -0.622. The van der Waals surface area contributed by atoms with Crippen LogP contribution in [0.2, 0.25) is 0 Å². The summed E-state index contributed by atoms with van der Waals surface area (Å²) in [6, 6.07) is 0. The second kappa shape index (κ2) is 4.62. The third-order valence-corrected chi connectivity index (χ3v) is 4.20. The fourth-order valence-electron chi connectivity index (χ4n) is 4.48. The molecule has 1 aromatic heterocycles. The average Bonchev–Trinajstić information content (AvgIpc) is 2.57. The van der Waals surface area contributed by atoms with Crippen molar-refractivity contribution in [3.8, 4) is 0 Å². The molecule has 1 N–H and O–H groups in total. The summed E-state index contributed by atoms with van der Waals surface area (Å²) in [7, 11) is 0. The van der Waals surface area contributed by atoms with Crippen LogP contribution < -0.4 is 0 Å². The zero-order valence-corrected chi connectivity index (χ0v) is 13.0. The van der Waals surface area contributed by atoms with E-state index in [0.717, 1.165) is 25.2 Å². The Labute approximate surface area is 117 Å². The smallest absolute Gasteiger partial charge is 0.111 e. The lowest BCUT2D eigenvalue weighted by Crippen LogP contribution is -2.47. The van der Waals surface area contributed by atoms with Crippen molar-refractivity contribution in [2.45, 2.75) is 72.4 Å². The minimum absolute atomic E-state index is 0.195.